The van der Waals surface area contributed by atoms with Gasteiger partial charge in [0.05, 0.1) is 19.3 Å². The highest BCUT2D eigenvalue weighted by molar-refractivity contribution is 14.0. The molecule has 6 nitrogen and oxygen atoms in total. The molecule has 28 heavy (non-hydrogen) atoms. The standard InChI is InChI=1S/C21H33N3O3.HI/c1-16(2)15-27-18-8-6-17(7-9-18)13-23-21(22-3)24-10-12-26-20(14-24)19-5-4-11-25-19;/h6-9,16,19-20H,4-5,10-15H2,1-3H3,(H,22,23);1H. The van der Waals surface area contributed by atoms with E-state index in [0.717, 1.165) is 57.4 Å². The van der Waals surface area contributed by atoms with Crippen LogP contribution >= 0.6 is 24.0 Å². The molecule has 2 heterocycles. The average Bonchev–Trinajstić information content (AvgIpc) is 3.23. The van der Waals surface area contributed by atoms with Crippen molar-refractivity contribution >= 4 is 29.9 Å². The number of ether oxygens (including phenoxy) is 3. The highest BCUT2D eigenvalue weighted by atomic mass is 127. The first kappa shape index (κ1) is 23.2. The Balaban J connectivity index is 0.00000280. The van der Waals surface area contributed by atoms with E-state index in [4.69, 9.17) is 14.2 Å². The summed E-state index contributed by atoms with van der Waals surface area (Å²) >= 11 is 0. The van der Waals surface area contributed by atoms with Crippen LogP contribution in [-0.4, -0.2) is 63.0 Å². The van der Waals surface area contributed by atoms with Gasteiger partial charge in [-0.1, -0.05) is 26.0 Å². The number of hydrogen-bond donors (Lipinski definition) is 1. The first-order valence-electron chi connectivity index (χ1n) is 10.1. The van der Waals surface area contributed by atoms with E-state index in [9.17, 15) is 0 Å². The minimum Gasteiger partial charge on any atom is -0.493 e. The Bertz CT molecular complexity index is 603. The predicted molar refractivity (Wildman–Crippen MR) is 123 cm³/mol. The third kappa shape index (κ3) is 6.77. The maximum atomic E-state index is 5.94. The molecule has 0 saturated carbocycles. The average molecular weight is 503 g/mol. The predicted octanol–water partition coefficient (Wildman–Crippen LogP) is 3.29. The summed E-state index contributed by atoms with van der Waals surface area (Å²) in [4.78, 5) is 6.74. The Morgan fingerprint density at radius 3 is 2.61 bits per heavy atom. The van der Waals surface area contributed by atoms with Crippen molar-refractivity contribution in [2.24, 2.45) is 10.9 Å². The van der Waals surface area contributed by atoms with E-state index in [1.807, 2.05) is 19.2 Å². The molecule has 2 fully saturated rings. The van der Waals surface area contributed by atoms with Crippen molar-refractivity contribution in [2.75, 3.05) is 40.0 Å². The fourth-order valence-electron chi connectivity index (χ4n) is 3.47. The van der Waals surface area contributed by atoms with Crippen LogP contribution in [0.15, 0.2) is 29.3 Å². The van der Waals surface area contributed by atoms with E-state index in [1.165, 1.54) is 5.56 Å². The van der Waals surface area contributed by atoms with Crippen LogP contribution in [0.25, 0.3) is 0 Å². The maximum Gasteiger partial charge on any atom is 0.194 e. The number of morpholine rings is 1. The summed E-state index contributed by atoms with van der Waals surface area (Å²) in [6.45, 7) is 9.03. The Labute approximate surface area is 186 Å². The summed E-state index contributed by atoms with van der Waals surface area (Å²) in [5, 5.41) is 3.47. The molecule has 2 saturated heterocycles. The molecule has 1 aromatic rings. The molecule has 2 atom stereocenters. The van der Waals surface area contributed by atoms with Crippen molar-refractivity contribution < 1.29 is 14.2 Å². The highest BCUT2D eigenvalue weighted by Crippen LogP contribution is 2.21. The second-order valence-electron chi connectivity index (χ2n) is 7.66. The van der Waals surface area contributed by atoms with Gasteiger partial charge < -0.3 is 24.4 Å². The van der Waals surface area contributed by atoms with Crippen molar-refractivity contribution in [1.82, 2.24) is 10.2 Å². The summed E-state index contributed by atoms with van der Waals surface area (Å²) in [5.41, 5.74) is 1.21. The monoisotopic (exact) mass is 503 g/mol. The summed E-state index contributed by atoms with van der Waals surface area (Å²) in [6.07, 6.45) is 2.59. The number of nitrogens with zero attached hydrogens (tertiary/aromatic N) is 2. The number of rotatable bonds is 6. The van der Waals surface area contributed by atoms with E-state index in [-0.39, 0.29) is 36.2 Å². The van der Waals surface area contributed by atoms with E-state index in [2.05, 4.69) is 41.2 Å². The lowest BCUT2D eigenvalue weighted by Crippen LogP contribution is -2.53. The molecule has 0 spiro atoms. The zero-order valence-electron chi connectivity index (χ0n) is 17.2. The molecule has 0 aromatic heterocycles. The van der Waals surface area contributed by atoms with Gasteiger partial charge in [-0.25, -0.2) is 0 Å². The van der Waals surface area contributed by atoms with Gasteiger partial charge in [0.15, 0.2) is 5.96 Å². The van der Waals surface area contributed by atoms with Crippen LogP contribution < -0.4 is 10.1 Å². The number of benzene rings is 1. The summed E-state index contributed by atoms with van der Waals surface area (Å²) in [5.74, 6) is 2.37. The second-order valence-corrected chi connectivity index (χ2v) is 7.66. The summed E-state index contributed by atoms with van der Waals surface area (Å²) < 4.78 is 17.5. The van der Waals surface area contributed by atoms with Gasteiger partial charge in [-0.15, -0.1) is 24.0 Å². The van der Waals surface area contributed by atoms with E-state index >= 15 is 0 Å². The molecule has 0 radical (unpaired) electrons. The Morgan fingerprint density at radius 1 is 1.21 bits per heavy atom. The van der Waals surface area contributed by atoms with Crippen LogP contribution in [0.2, 0.25) is 0 Å². The smallest absolute Gasteiger partial charge is 0.194 e. The molecule has 3 rings (SSSR count). The van der Waals surface area contributed by atoms with Crippen molar-refractivity contribution in [1.29, 1.82) is 0 Å². The Hall–Kier alpha value is -1.06. The molecule has 0 bridgehead atoms. The van der Waals surface area contributed by atoms with Gasteiger partial charge in [0.25, 0.3) is 0 Å². The van der Waals surface area contributed by atoms with Gasteiger partial charge in [-0.3, -0.25) is 4.99 Å². The van der Waals surface area contributed by atoms with Gasteiger partial charge in [-0.2, -0.15) is 0 Å². The molecule has 2 aliphatic rings. The Morgan fingerprint density at radius 2 is 1.96 bits per heavy atom. The van der Waals surface area contributed by atoms with Gasteiger partial charge in [0.1, 0.15) is 11.9 Å². The first-order chi connectivity index (χ1) is 13.2. The third-order valence-corrected chi connectivity index (χ3v) is 4.94. The SMILES string of the molecule is CN=C(NCc1ccc(OCC(C)C)cc1)N1CCOC(C2CCCO2)C1.I. The fourth-order valence-corrected chi connectivity index (χ4v) is 3.47. The van der Waals surface area contributed by atoms with E-state index in [0.29, 0.717) is 12.5 Å². The molecule has 0 aliphatic carbocycles. The number of guanidine groups is 1. The minimum absolute atomic E-state index is 0. The maximum absolute atomic E-state index is 5.94. The van der Waals surface area contributed by atoms with Gasteiger partial charge >= 0.3 is 0 Å². The molecule has 7 heteroatoms. The first-order valence-corrected chi connectivity index (χ1v) is 10.1. The minimum atomic E-state index is 0. The molecular formula is C21H34IN3O3. The summed E-state index contributed by atoms with van der Waals surface area (Å²) in [7, 11) is 1.84. The second kappa shape index (κ2) is 11.8. The zero-order chi connectivity index (χ0) is 19.1. The topological polar surface area (TPSA) is 55.3 Å². The van der Waals surface area contributed by atoms with Crippen LogP contribution in [0, 0.1) is 5.92 Å². The van der Waals surface area contributed by atoms with Crippen LogP contribution in [0.5, 0.6) is 5.75 Å². The quantitative estimate of drug-likeness (QED) is 0.367. The highest BCUT2D eigenvalue weighted by Gasteiger charge is 2.32. The van der Waals surface area contributed by atoms with Gasteiger partial charge in [0, 0.05) is 33.3 Å². The molecule has 1 N–H and O–H groups in total. The lowest BCUT2D eigenvalue weighted by atomic mass is 10.1. The number of halogens is 1. The van der Waals surface area contributed by atoms with Crippen molar-refractivity contribution in [3.05, 3.63) is 29.8 Å². The van der Waals surface area contributed by atoms with Crippen molar-refractivity contribution in [2.45, 2.75) is 45.4 Å². The normalized spacial score (nSPS) is 22.9. The largest absolute Gasteiger partial charge is 0.493 e. The lowest BCUT2D eigenvalue weighted by molar-refractivity contribution is -0.0817. The number of nitrogens with one attached hydrogen (secondary N) is 1. The van der Waals surface area contributed by atoms with Crippen LogP contribution in [0.3, 0.4) is 0 Å². The van der Waals surface area contributed by atoms with Crippen LogP contribution in [0.1, 0.15) is 32.3 Å². The van der Waals surface area contributed by atoms with Gasteiger partial charge in [-0.05, 0) is 36.5 Å². The van der Waals surface area contributed by atoms with E-state index in [1.54, 1.807) is 0 Å². The summed E-state index contributed by atoms with van der Waals surface area (Å²) in [6, 6.07) is 8.27. The van der Waals surface area contributed by atoms with Crippen molar-refractivity contribution in [3.63, 3.8) is 0 Å². The van der Waals surface area contributed by atoms with Crippen LogP contribution in [0.4, 0.5) is 0 Å². The molecule has 158 valence electrons. The van der Waals surface area contributed by atoms with Crippen molar-refractivity contribution in [3.8, 4) is 5.75 Å². The van der Waals surface area contributed by atoms with Crippen LogP contribution in [-0.2, 0) is 16.0 Å². The molecule has 2 unspecified atom stereocenters. The lowest BCUT2D eigenvalue weighted by Gasteiger charge is -2.37. The number of aliphatic imine (C=N–C) groups is 1. The molecule has 0 amide bonds. The fraction of sp³-hybridized carbons (Fsp3) is 0.667. The number of hydrogen-bond acceptors (Lipinski definition) is 4. The third-order valence-electron chi connectivity index (χ3n) is 4.94. The molecule has 1 aromatic carbocycles. The van der Waals surface area contributed by atoms with E-state index < -0.39 is 0 Å². The molecule has 2 aliphatic heterocycles. The molecular weight excluding hydrogens is 469 g/mol. The van der Waals surface area contributed by atoms with Gasteiger partial charge in [0.2, 0.25) is 0 Å². The Kier molecular flexibility index (Phi) is 9.81. The zero-order valence-corrected chi connectivity index (χ0v) is 19.6.